The summed E-state index contributed by atoms with van der Waals surface area (Å²) in [5.41, 5.74) is 0. The maximum atomic E-state index is 13.4. The maximum Gasteiger partial charge on any atom is 0.324 e. The normalized spacial score (nSPS) is 11.9. The number of thioether (sulfide) groups is 1. The molecule has 19 heavy (non-hydrogen) atoms. The van der Waals surface area contributed by atoms with Gasteiger partial charge in [-0.2, -0.15) is 0 Å². The van der Waals surface area contributed by atoms with Crippen LogP contribution in [0.5, 0.6) is 5.75 Å². The van der Waals surface area contributed by atoms with Gasteiger partial charge in [0.1, 0.15) is 5.25 Å². The standard InChI is InChI=1S/C15H13FO2S/c1-11(19-12-7-3-2-4-8-12)15(17)18-14-10-6-5-9-13(14)16/h2-11H,1H3. The van der Waals surface area contributed by atoms with Crippen LogP contribution in [0, 0.1) is 5.82 Å². The zero-order chi connectivity index (χ0) is 13.7. The van der Waals surface area contributed by atoms with Gasteiger partial charge in [0.15, 0.2) is 11.6 Å². The Morgan fingerprint density at radius 2 is 1.74 bits per heavy atom. The third-order valence-corrected chi connectivity index (χ3v) is 3.53. The Labute approximate surface area is 115 Å². The van der Waals surface area contributed by atoms with Crippen molar-refractivity contribution < 1.29 is 13.9 Å². The number of para-hydroxylation sites is 1. The van der Waals surface area contributed by atoms with Gasteiger partial charge in [-0.25, -0.2) is 4.39 Å². The van der Waals surface area contributed by atoms with E-state index < -0.39 is 17.0 Å². The molecule has 0 aliphatic heterocycles. The number of hydrogen-bond acceptors (Lipinski definition) is 3. The summed E-state index contributed by atoms with van der Waals surface area (Å²) >= 11 is 1.38. The van der Waals surface area contributed by atoms with Crippen molar-refractivity contribution in [3.63, 3.8) is 0 Å². The van der Waals surface area contributed by atoms with Crippen molar-refractivity contribution in [3.8, 4) is 5.75 Å². The Morgan fingerprint density at radius 3 is 2.42 bits per heavy atom. The Hall–Kier alpha value is -1.81. The van der Waals surface area contributed by atoms with Gasteiger partial charge in [0.05, 0.1) is 0 Å². The van der Waals surface area contributed by atoms with Gasteiger partial charge in [-0.05, 0) is 31.2 Å². The SMILES string of the molecule is CC(Sc1ccccc1)C(=O)Oc1ccccc1F. The minimum absolute atomic E-state index is 0.0342. The number of esters is 1. The van der Waals surface area contributed by atoms with Crippen molar-refractivity contribution in [2.24, 2.45) is 0 Å². The highest BCUT2D eigenvalue weighted by molar-refractivity contribution is 8.00. The molecule has 2 aromatic carbocycles. The van der Waals surface area contributed by atoms with Crippen LogP contribution in [0.3, 0.4) is 0 Å². The van der Waals surface area contributed by atoms with Gasteiger partial charge < -0.3 is 4.74 Å². The summed E-state index contributed by atoms with van der Waals surface area (Å²) in [6.45, 7) is 1.74. The number of halogens is 1. The molecule has 0 fully saturated rings. The van der Waals surface area contributed by atoms with Crippen molar-refractivity contribution in [3.05, 3.63) is 60.4 Å². The van der Waals surface area contributed by atoms with E-state index in [4.69, 9.17) is 4.74 Å². The zero-order valence-electron chi connectivity index (χ0n) is 10.4. The Kier molecular flexibility index (Phi) is 4.58. The largest absolute Gasteiger partial charge is 0.423 e. The predicted octanol–water partition coefficient (Wildman–Crippen LogP) is 3.91. The summed E-state index contributed by atoms with van der Waals surface area (Å²) in [7, 11) is 0. The number of benzene rings is 2. The molecule has 0 aliphatic carbocycles. The molecule has 0 aliphatic rings. The van der Waals surface area contributed by atoms with Crippen LogP contribution in [-0.2, 0) is 4.79 Å². The molecule has 0 aromatic heterocycles. The lowest BCUT2D eigenvalue weighted by Gasteiger charge is -2.11. The topological polar surface area (TPSA) is 26.3 Å². The third kappa shape index (κ3) is 3.83. The summed E-state index contributed by atoms with van der Waals surface area (Å²) in [5.74, 6) is -1.03. The Bertz CT molecular complexity index is 557. The van der Waals surface area contributed by atoms with Crippen LogP contribution in [0.15, 0.2) is 59.5 Å². The van der Waals surface area contributed by atoms with Crippen molar-refractivity contribution in [1.29, 1.82) is 0 Å². The van der Waals surface area contributed by atoms with E-state index in [0.717, 1.165) is 4.90 Å². The van der Waals surface area contributed by atoms with Crippen LogP contribution >= 0.6 is 11.8 Å². The van der Waals surface area contributed by atoms with Crippen LogP contribution in [0.4, 0.5) is 4.39 Å². The highest BCUT2D eigenvalue weighted by Gasteiger charge is 2.18. The molecule has 0 saturated carbocycles. The average molecular weight is 276 g/mol. The molecule has 2 rings (SSSR count). The van der Waals surface area contributed by atoms with Gasteiger partial charge in [0.25, 0.3) is 0 Å². The Morgan fingerprint density at radius 1 is 1.11 bits per heavy atom. The van der Waals surface area contributed by atoms with Gasteiger partial charge in [0.2, 0.25) is 0 Å². The van der Waals surface area contributed by atoms with Crippen LogP contribution in [0.1, 0.15) is 6.92 Å². The molecule has 4 heteroatoms. The highest BCUT2D eigenvalue weighted by atomic mass is 32.2. The van der Waals surface area contributed by atoms with Crippen molar-refractivity contribution in [2.45, 2.75) is 17.1 Å². The minimum atomic E-state index is -0.534. The molecule has 0 heterocycles. The lowest BCUT2D eigenvalue weighted by Crippen LogP contribution is -2.20. The van der Waals surface area contributed by atoms with E-state index in [1.54, 1.807) is 19.1 Å². The van der Waals surface area contributed by atoms with Crippen LogP contribution < -0.4 is 4.74 Å². The maximum absolute atomic E-state index is 13.4. The van der Waals surface area contributed by atoms with Crippen molar-refractivity contribution in [1.82, 2.24) is 0 Å². The summed E-state index contributed by atoms with van der Waals surface area (Å²) in [4.78, 5) is 12.8. The van der Waals surface area contributed by atoms with Crippen LogP contribution in [0.25, 0.3) is 0 Å². The van der Waals surface area contributed by atoms with Gasteiger partial charge in [-0.3, -0.25) is 4.79 Å². The van der Waals surface area contributed by atoms with Crippen LogP contribution in [0.2, 0.25) is 0 Å². The van der Waals surface area contributed by atoms with E-state index in [0.29, 0.717) is 0 Å². The van der Waals surface area contributed by atoms with E-state index >= 15 is 0 Å². The van der Waals surface area contributed by atoms with Crippen LogP contribution in [-0.4, -0.2) is 11.2 Å². The summed E-state index contributed by atoms with van der Waals surface area (Å²) in [6.07, 6.45) is 0. The van der Waals surface area contributed by atoms with Gasteiger partial charge in [-0.1, -0.05) is 30.3 Å². The number of carbonyl (C=O) groups excluding carboxylic acids is 1. The van der Waals surface area contributed by atoms with Crippen molar-refractivity contribution in [2.75, 3.05) is 0 Å². The molecule has 0 N–H and O–H groups in total. The quantitative estimate of drug-likeness (QED) is 0.481. The van der Waals surface area contributed by atoms with Gasteiger partial charge in [0, 0.05) is 4.90 Å². The molecular formula is C15H13FO2S. The fourth-order valence-electron chi connectivity index (χ4n) is 1.47. The highest BCUT2D eigenvalue weighted by Crippen LogP contribution is 2.25. The second kappa shape index (κ2) is 6.38. The molecule has 1 atom stereocenters. The number of ether oxygens (including phenoxy) is 1. The predicted molar refractivity (Wildman–Crippen MR) is 73.8 cm³/mol. The molecule has 98 valence electrons. The second-order valence-electron chi connectivity index (χ2n) is 3.92. The summed E-state index contributed by atoms with van der Waals surface area (Å²) < 4.78 is 18.4. The smallest absolute Gasteiger partial charge is 0.324 e. The van der Waals surface area contributed by atoms with Gasteiger partial charge in [-0.15, -0.1) is 11.8 Å². The molecule has 0 amide bonds. The lowest BCUT2D eigenvalue weighted by atomic mass is 10.3. The summed E-state index contributed by atoms with van der Waals surface area (Å²) in [6, 6.07) is 15.4. The first-order valence-corrected chi connectivity index (χ1v) is 6.72. The molecule has 0 radical (unpaired) electrons. The zero-order valence-corrected chi connectivity index (χ0v) is 11.2. The molecule has 0 bridgehead atoms. The lowest BCUT2D eigenvalue weighted by molar-refractivity contribution is -0.133. The monoisotopic (exact) mass is 276 g/mol. The number of carbonyl (C=O) groups is 1. The minimum Gasteiger partial charge on any atom is -0.423 e. The van der Waals surface area contributed by atoms with E-state index in [-0.39, 0.29) is 5.75 Å². The van der Waals surface area contributed by atoms with Crippen molar-refractivity contribution >= 4 is 17.7 Å². The van der Waals surface area contributed by atoms with E-state index in [1.165, 1.54) is 23.9 Å². The van der Waals surface area contributed by atoms with E-state index in [1.807, 2.05) is 30.3 Å². The molecular weight excluding hydrogens is 263 g/mol. The Balaban J connectivity index is 1.99. The molecule has 0 saturated heterocycles. The fraction of sp³-hybridized carbons (Fsp3) is 0.133. The molecule has 2 aromatic rings. The molecule has 1 unspecified atom stereocenters. The molecule has 2 nitrogen and oxygen atoms in total. The first-order chi connectivity index (χ1) is 9.16. The third-order valence-electron chi connectivity index (χ3n) is 2.44. The summed E-state index contributed by atoms with van der Waals surface area (Å²) in [5, 5.41) is -0.401. The first kappa shape index (κ1) is 13.6. The number of hydrogen-bond donors (Lipinski definition) is 0. The van der Waals surface area contributed by atoms with E-state index in [9.17, 15) is 9.18 Å². The van der Waals surface area contributed by atoms with E-state index in [2.05, 4.69) is 0 Å². The molecule has 0 spiro atoms. The number of rotatable bonds is 4. The average Bonchev–Trinajstić information content (AvgIpc) is 2.42. The first-order valence-electron chi connectivity index (χ1n) is 5.85. The second-order valence-corrected chi connectivity index (χ2v) is 5.34. The fourth-order valence-corrected chi connectivity index (χ4v) is 2.34. The van der Waals surface area contributed by atoms with Gasteiger partial charge >= 0.3 is 5.97 Å².